The predicted octanol–water partition coefficient (Wildman–Crippen LogP) is 3.08. The van der Waals surface area contributed by atoms with E-state index < -0.39 is 0 Å². The van der Waals surface area contributed by atoms with Crippen molar-refractivity contribution in [1.29, 1.82) is 0 Å². The van der Waals surface area contributed by atoms with Crippen molar-refractivity contribution in [3.8, 4) is 5.88 Å². The van der Waals surface area contributed by atoms with Crippen molar-refractivity contribution >= 4 is 5.82 Å². The van der Waals surface area contributed by atoms with E-state index in [4.69, 9.17) is 9.47 Å². The summed E-state index contributed by atoms with van der Waals surface area (Å²) in [4.78, 5) is 9.06. The van der Waals surface area contributed by atoms with Crippen molar-refractivity contribution in [2.75, 3.05) is 19.0 Å². The molecule has 1 aliphatic carbocycles. The summed E-state index contributed by atoms with van der Waals surface area (Å²) in [7, 11) is 1.64. The molecule has 1 saturated heterocycles. The third kappa shape index (κ3) is 3.20. The van der Waals surface area contributed by atoms with Crippen LogP contribution >= 0.6 is 0 Å². The summed E-state index contributed by atoms with van der Waals surface area (Å²) < 4.78 is 11.0. The summed E-state index contributed by atoms with van der Waals surface area (Å²) in [6, 6.07) is 2.41. The van der Waals surface area contributed by atoms with Crippen LogP contribution in [0.1, 0.15) is 56.9 Å². The maximum atomic E-state index is 5.68. The van der Waals surface area contributed by atoms with E-state index in [-0.39, 0.29) is 6.10 Å². The second-order valence-electron chi connectivity index (χ2n) is 5.63. The summed E-state index contributed by atoms with van der Waals surface area (Å²) in [6.45, 7) is 0.802. The highest BCUT2D eigenvalue weighted by Gasteiger charge is 2.22. The minimum absolute atomic E-state index is 0.0250. The lowest BCUT2D eigenvalue weighted by atomic mass is 9.95. The minimum atomic E-state index is 0.0250. The zero-order chi connectivity index (χ0) is 13.8. The molecule has 0 spiro atoms. The maximum Gasteiger partial charge on any atom is 0.218 e. The molecule has 1 aromatic heterocycles. The fourth-order valence-corrected chi connectivity index (χ4v) is 3.00. The van der Waals surface area contributed by atoms with E-state index in [0.717, 1.165) is 31.1 Å². The fraction of sp³-hybridized carbons (Fsp3) is 0.733. The molecule has 0 radical (unpaired) electrons. The van der Waals surface area contributed by atoms with E-state index in [1.54, 1.807) is 7.11 Å². The van der Waals surface area contributed by atoms with E-state index in [1.165, 1.54) is 32.1 Å². The van der Waals surface area contributed by atoms with Gasteiger partial charge in [-0.15, -0.1) is 0 Å². The van der Waals surface area contributed by atoms with Gasteiger partial charge in [0.25, 0.3) is 0 Å². The minimum Gasteiger partial charge on any atom is -0.481 e. The van der Waals surface area contributed by atoms with Crippen LogP contribution in [0.3, 0.4) is 0 Å². The first kappa shape index (κ1) is 13.6. The first-order chi connectivity index (χ1) is 9.85. The van der Waals surface area contributed by atoms with Gasteiger partial charge in [-0.3, -0.25) is 0 Å². The van der Waals surface area contributed by atoms with Crippen LogP contribution in [0.2, 0.25) is 0 Å². The van der Waals surface area contributed by atoms with Crippen molar-refractivity contribution in [3.63, 3.8) is 0 Å². The van der Waals surface area contributed by atoms with Gasteiger partial charge in [0.1, 0.15) is 11.9 Å². The van der Waals surface area contributed by atoms with Gasteiger partial charge in [-0.25, -0.2) is 4.98 Å². The summed E-state index contributed by atoms with van der Waals surface area (Å²) in [5.41, 5.74) is 0. The normalized spacial score (nSPS) is 23.8. The molecule has 1 saturated carbocycles. The summed E-state index contributed by atoms with van der Waals surface area (Å²) >= 11 is 0. The number of hydrogen-bond donors (Lipinski definition) is 1. The topological polar surface area (TPSA) is 56.3 Å². The molecule has 110 valence electrons. The molecule has 5 nitrogen and oxygen atoms in total. The molecular formula is C15H23N3O2. The van der Waals surface area contributed by atoms with Crippen LogP contribution in [0.15, 0.2) is 6.07 Å². The SMILES string of the molecule is COc1cc(NC2CCCCC2)nc(C2CCCO2)n1. The molecule has 1 aliphatic heterocycles. The number of ether oxygens (including phenoxy) is 2. The number of nitrogens with zero attached hydrogens (tertiary/aromatic N) is 2. The van der Waals surface area contributed by atoms with Crippen molar-refractivity contribution in [1.82, 2.24) is 9.97 Å². The molecule has 1 N–H and O–H groups in total. The third-order valence-corrected chi connectivity index (χ3v) is 4.10. The Morgan fingerprint density at radius 1 is 1.15 bits per heavy atom. The van der Waals surface area contributed by atoms with Crippen LogP contribution in [-0.2, 0) is 4.74 Å². The monoisotopic (exact) mass is 277 g/mol. The standard InChI is InChI=1S/C15H23N3O2/c1-19-14-10-13(16-11-6-3-2-4-7-11)17-15(18-14)12-8-5-9-20-12/h10-12H,2-9H2,1H3,(H,16,17,18). The van der Waals surface area contributed by atoms with Gasteiger partial charge >= 0.3 is 0 Å². The van der Waals surface area contributed by atoms with Crippen molar-refractivity contribution in [3.05, 3.63) is 11.9 Å². The number of methoxy groups -OCH3 is 1. The molecule has 20 heavy (non-hydrogen) atoms. The number of anilines is 1. The quantitative estimate of drug-likeness (QED) is 0.916. The Morgan fingerprint density at radius 2 is 2.00 bits per heavy atom. The Morgan fingerprint density at radius 3 is 2.70 bits per heavy atom. The molecule has 2 heterocycles. The van der Waals surface area contributed by atoms with E-state index in [1.807, 2.05) is 6.07 Å². The van der Waals surface area contributed by atoms with Gasteiger partial charge in [-0.05, 0) is 25.7 Å². The summed E-state index contributed by atoms with van der Waals surface area (Å²) in [6.07, 6.45) is 8.51. The van der Waals surface area contributed by atoms with E-state index in [2.05, 4.69) is 15.3 Å². The van der Waals surface area contributed by atoms with Gasteiger partial charge in [0, 0.05) is 18.7 Å². The van der Waals surface area contributed by atoms with Gasteiger partial charge in [0.2, 0.25) is 5.88 Å². The Balaban J connectivity index is 1.76. The van der Waals surface area contributed by atoms with Gasteiger partial charge in [-0.2, -0.15) is 4.98 Å². The van der Waals surface area contributed by atoms with Crippen molar-refractivity contribution in [2.45, 2.75) is 57.1 Å². The second kappa shape index (κ2) is 6.39. The van der Waals surface area contributed by atoms with Crippen LogP contribution in [-0.4, -0.2) is 29.7 Å². The Bertz CT molecular complexity index is 441. The first-order valence-corrected chi connectivity index (χ1v) is 7.66. The zero-order valence-electron chi connectivity index (χ0n) is 12.1. The van der Waals surface area contributed by atoms with Crippen LogP contribution in [0.25, 0.3) is 0 Å². The molecular weight excluding hydrogens is 254 g/mol. The van der Waals surface area contributed by atoms with Gasteiger partial charge in [-0.1, -0.05) is 19.3 Å². The second-order valence-corrected chi connectivity index (χ2v) is 5.63. The molecule has 1 atom stereocenters. The van der Waals surface area contributed by atoms with E-state index in [0.29, 0.717) is 11.9 Å². The number of hydrogen-bond acceptors (Lipinski definition) is 5. The van der Waals surface area contributed by atoms with Gasteiger partial charge in [0.05, 0.1) is 7.11 Å². The Hall–Kier alpha value is -1.36. The predicted molar refractivity (Wildman–Crippen MR) is 77.0 cm³/mol. The average molecular weight is 277 g/mol. The van der Waals surface area contributed by atoms with Crippen LogP contribution in [0.5, 0.6) is 5.88 Å². The van der Waals surface area contributed by atoms with Gasteiger partial charge < -0.3 is 14.8 Å². The highest BCUT2D eigenvalue weighted by Crippen LogP contribution is 2.29. The summed E-state index contributed by atoms with van der Waals surface area (Å²) in [5, 5.41) is 3.53. The highest BCUT2D eigenvalue weighted by molar-refractivity contribution is 5.40. The number of nitrogens with one attached hydrogen (secondary N) is 1. The molecule has 2 aliphatic rings. The van der Waals surface area contributed by atoms with Crippen LogP contribution in [0, 0.1) is 0 Å². The molecule has 0 aromatic carbocycles. The lowest BCUT2D eigenvalue weighted by Gasteiger charge is -2.23. The molecule has 0 bridgehead atoms. The largest absolute Gasteiger partial charge is 0.481 e. The third-order valence-electron chi connectivity index (χ3n) is 4.10. The molecule has 2 fully saturated rings. The fourth-order valence-electron chi connectivity index (χ4n) is 3.00. The van der Waals surface area contributed by atoms with Crippen molar-refractivity contribution in [2.24, 2.45) is 0 Å². The molecule has 1 unspecified atom stereocenters. The average Bonchev–Trinajstić information content (AvgIpc) is 3.02. The van der Waals surface area contributed by atoms with E-state index in [9.17, 15) is 0 Å². The lowest BCUT2D eigenvalue weighted by Crippen LogP contribution is -2.23. The van der Waals surface area contributed by atoms with E-state index >= 15 is 0 Å². The highest BCUT2D eigenvalue weighted by atomic mass is 16.5. The lowest BCUT2D eigenvalue weighted by molar-refractivity contribution is 0.104. The van der Waals surface area contributed by atoms with Gasteiger partial charge in [0.15, 0.2) is 5.82 Å². The first-order valence-electron chi connectivity index (χ1n) is 7.66. The smallest absolute Gasteiger partial charge is 0.218 e. The Labute approximate surface area is 120 Å². The molecule has 0 amide bonds. The molecule has 1 aromatic rings. The van der Waals surface area contributed by atoms with Crippen LogP contribution in [0.4, 0.5) is 5.82 Å². The van der Waals surface area contributed by atoms with Crippen LogP contribution < -0.4 is 10.1 Å². The zero-order valence-corrected chi connectivity index (χ0v) is 12.1. The Kier molecular flexibility index (Phi) is 4.35. The van der Waals surface area contributed by atoms with Crippen molar-refractivity contribution < 1.29 is 9.47 Å². The summed E-state index contributed by atoms with van der Waals surface area (Å²) in [5.74, 6) is 2.23. The number of rotatable bonds is 4. The maximum absolute atomic E-state index is 5.68. The number of aromatic nitrogens is 2. The molecule has 3 rings (SSSR count). The molecule has 5 heteroatoms.